The molecule has 1 aliphatic carbocycles. The third-order valence-electron chi connectivity index (χ3n) is 14.1. The van der Waals surface area contributed by atoms with E-state index in [0.717, 1.165) is 77.6 Å². The maximum Gasteiger partial charge on any atom is 0.159 e. The number of thiophene rings is 1. The zero-order valence-corrected chi connectivity index (χ0v) is 36.5. The summed E-state index contributed by atoms with van der Waals surface area (Å²) in [7, 11) is 0. The minimum absolute atomic E-state index is 0.170. The van der Waals surface area contributed by atoms with E-state index in [0.29, 0.717) is 0 Å². The molecule has 4 heteroatoms. The molecule has 10 aromatic carbocycles. The van der Waals surface area contributed by atoms with Crippen LogP contribution < -0.4 is 4.90 Å². The first-order chi connectivity index (χ1) is 32.0. The highest BCUT2D eigenvalue weighted by atomic mass is 32.1. The summed E-state index contributed by atoms with van der Waals surface area (Å²) in [4.78, 5) is 2.39. The number of hydrogen-bond donors (Lipinski definition) is 0. The largest absolute Gasteiger partial charge is 0.455 e. The second kappa shape index (κ2) is 13.5. The Hall–Kier alpha value is -7.92. The molecule has 306 valence electrons. The van der Waals surface area contributed by atoms with Crippen LogP contribution in [0.3, 0.4) is 0 Å². The lowest BCUT2D eigenvalue weighted by Crippen LogP contribution is -2.16. The summed E-state index contributed by atoms with van der Waals surface area (Å²) in [6.45, 7) is 4.70. The molecular weight excluding hydrogens is 811 g/mol. The Bertz CT molecular complexity index is 4110. The number of hydrogen-bond acceptors (Lipinski definition) is 4. The van der Waals surface area contributed by atoms with E-state index in [2.05, 4.69) is 207 Å². The van der Waals surface area contributed by atoms with E-state index >= 15 is 0 Å². The molecule has 3 aromatic heterocycles. The van der Waals surface area contributed by atoms with Gasteiger partial charge in [-0.2, -0.15) is 0 Å². The average molecular weight is 850 g/mol. The fourth-order valence-corrected chi connectivity index (χ4v) is 12.2. The fourth-order valence-electron chi connectivity index (χ4n) is 11.0. The van der Waals surface area contributed by atoms with Gasteiger partial charge in [-0.25, -0.2) is 0 Å². The lowest BCUT2D eigenvalue weighted by Gasteiger charge is -2.28. The van der Waals surface area contributed by atoms with Crippen LogP contribution >= 0.6 is 11.3 Å². The predicted molar refractivity (Wildman–Crippen MR) is 275 cm³/mol. The first kappa shape index (κ1) is 36.6. The van der Waals surface area contributed by atoms with Crippen LogP contribution in [0.15, 0.2) is 209 Å². The first-order valence-corrected chi connectivity index (χ1v) is 23.1. The van der Waals surface area contributed by atoms with E-state index in [1.807, 2.05) is 23.5 Å². The Labute approximate surface area is 379 Å². The van der Waals surface area contributed by atoms with E-state index in [1.54, 1.807) is 0 Å². The molecule has 0 saturated carbocycles. The van der Waals surface area contributed by atoms with Crippen LogP contribution in [-0.4, -0.2) is 0 Å². The number of nitrogens with zero attached hydrogens (tertiary/aromatic N) is 1. The number of benzene rings is 10. The minimum atomic E-state index is -0.170. The monoisotopic (exact) mass is 849 g/mol. The van der Waals surface area contributed by atoms with Gasteiger partial charge in [0.15, 0.2) is 5.58 Å². The van der Waals surface area contributed by atoms with Crippen LogP contribution in [0.1, 0.15) is 25.0 Å². The number of rotatable bonds is 5. The van der Waals surface area contributed by atoms with E-state index in [-0.39, 0.29) is 5.41 Å². The zero-order valence-electron chi connectivity index (χ0n) is 35.7. The maximum atomic E-state index is 7.43. The normalized spacial score (nSPS) is 13.2. The Morgan fingerprint density at radius 1 is 0.415 bits per heavy atom. The van der Waals surface area contributed by atoms with E-state index < -0.39 is 0 Å². The molecule has 3 heterocycles. The summed E-state index contributed by atoms with van der Waals surface area (Å²) in [5.74, 6) is 0. The molecule has 0 saturated heterocycles. The molecule has 1 aliphatic rings. The van der Waals surface area contributed by atoms with Crippen molar-refractivity contribution in [2.24, 2.45) is 0 Å². The quantitative estimate of drug-likeness (QED) is 0.173. The summed E-state index contributed by atoms with van der Waals surface area (Å²) in [6.07, 6.45) is 0. The lowest BCUT2D eigenvalue weighted by molar-refractivity contribution is 0.660. The first-order valence-electron chi connectivity index (χ1n) is 22.3. The van der Waals surface area contributed by atoms with Gasteiger partial charge >= 0.3 is 0 Å². The van der Waals surface area contributed by atoms with Gasteiger partial charge in [-0.1, -0.05) is 166 Å². The van der Waals surface area contributed by atoms with Crippen molar-refractivity contribution in [2.45, 2.75) is 19.3 Å². The van der Waals surface area contributed by atoms with Crippen molar-refractivity contribution >= 4 is 103 Å². The second-order valence-electron chi connectivity index (χ2n) is 17.9. The molecule has 14 rings (SSSR count). The minimum Gasteiger partial charge on any atom is -0.455 e. The van der Waals surface area contributed by atoms with Crippen LogP contribution in [-0.2, 0) is 5.41 Å². The van der Waals surface area contributed by atoms with Gasteiger partial charge in [0, 0.05) is 75.2 Å². The topological polar surface area (TPSA) is 29.5 Å². The summed E-state index contributed by atoms with van der Waals surface area (Å²) in [5.41, 5.74) is 16.2. The number of fused-ring (bicyclic) bond motifs is 13. The molecule has 3 nitrogen and oxygen atoms in total. The smallest absolute Gasteiger partial charge is 0.159 e. The van der Waals surface area contributed by atoms with Gasteiger partial charge < -0.3 is 13.7 Å². The van der Waals surface area contributed by atoms with Crippen molar-refractivity contribution in [1.82, 2.24) is 0 Å². The molecular formula is C61H39NO2S. The number of para-hydroxylation sites is 3. The molecule has 0 bridgehead atoms. The van der Waals surface area contributed by atoms with Crippen LogP contribution in [0.5, 0.6) is 0 Å². The van der Waals surface area contributed by atoms with E-state index in [1.165, 1.54) is 58.8 Å². The number of anilines is 3. The van der Waals surface area contributed by atoms with Crippen LogP contribution in [0.4, 0.5) is 17.1 Å². The summed E-state index contributed by atoms with van der Waals surface area (Å²) in [6, 6.07) is 72.7. The van der Waals surface area contributed by atoms with Crippen molar-refractivity contribution in [3.8, 4) is 33.4 Å². The Morgan fingerprint density at radius 3 is 1.94 bits per heavy atom. The van der Waals surface area contributed by atoms with Crippen molar-refractivity contribution in [3.05, 3.63) is 211 Å². The molecule has 0 atom stereocenters. The van der Waals surface area contributed by atoms with Gasteiger partial charge in [-0.05, 0) is 87.1 Å². The van der Waals surface area contributed by atoms with Crippen molar-refractivity contribution in [1.29, 1.82) is 0 Å². The molecule has 0 fully saturated rings. The van der Waals surface area contributed by atoms with Gasteiger partial charge in [0.05, 0.1) is 5.69 Å². The standard InChI is InChI=1S/C61H39NO2S/c1-61(2)51-24-8-5-16-42(51)43-33-32-39(35-52(43)61)62(38-30-28-36(29-31-38)41-19-11-20-46-44-17-6-9-26-54(44)63-57(41)46)53-25-13-21-47-50-34-37-14-3-4-15-40(37)56(59(50)64-58(47)53)49-23-12-22-48-45-18-7-10-27-55(45)65-60(48)49/h3-35H,1-2H3. The van der Waals surface area contributed by atoms with E-state index in [4.69, 9.17) is 8.83 Å². The lowest BCUT2D eigenvalue weighted by atomic mass is 9.82. The fraction of sp³-hybridized carbons (Fsp3) is 0.0492. The molecule has 0 amide bonds. The van der Waals surface area contributed by atoms with Gasteiger partial charge in [-0.15, -0.1) is 11.3 Å². The third kappa shape index (κ3) is 5.23. The second-order valence-corrected chi connectivity index (χ2v) is 19.0. The highest BCUT2D eigenvalue weighted by Crippen LogP contribution is 2.53. The third-order valence-corrected chi connectivity index (χ3v) is 15.3. The summed E-state index contributed by atoms with van der Waals surface area (Å²) in [5, 5.41) is 9.37. The van der Waals surface area contributed by atoms with Crippen molar-refractivity contribution in [2.75, 3.05) is 4.90 Å². The Balaban J connectivity index is 1.01. The highest BCUT2D eigenvalue weighted by Gasteiger charge is 2.36. The molecule has 0 radical (unpaired) electrons. The average Bonchev–Trinajstić information content (AvgIpc) is 4.10. The SMILES string of the molecule is CC1(C)c2ccccc2-c2ccc(N(c3ccc(-c4cccc5c4oc4ccccc45)cc3)c3cccc4c3oc3c(-c5cccc6c5sc5ccccc56)c5ccccc5cc34)cc21. The summed E-state index contributed by atoms with van der Waals surface area (Å²) >= 11 is 1.86. The predicted octanol–water partition coefficient (Wildman–Crippen LogP) is 18.1. The van der Waals surface area contributed by atoms with Crippen LogP contribution in [0.2, 0.25) is 0 Å². The molecule has 13 aromatic rings. The molecule has 0 N–H and O–H groups in total. The van der Waals surface area contributed by atoms with Gasteiger partial charge in [0.25, 0.3) is 0 Å². The van der Waals surface area contributed by atoms with Gasteiger partial charge in [0.2, 0.25) is 0 Å². The van der Waals surface area contributed by atoms with Crippen LogP contribution in [0, 0.1) is 0 Å². The maximum absolute atomic E-state index is 7.43. The van der Waals surface area contributed by atoms with Crippen molar-refractivity contribution < 1.29 is 8.83 Å². The number of furan rings is 2. The zero-order chi connectivity index (χ0) is 43.0. The molecule has 65 heavy (non-hydrogen) atoms. The van der Waals surface area contributed by atoms with Crippen molar-refractivity contribution in [3.63, 3.8) is 0 Å². The molecule has 0 spiro atoms. The molecule has 0 aliphatic heterocycles. The van der Waals surface area contributed by atoms with Crippen LogP contribution in [0.25, 0.3) is 108 Å². The summed E-state index contributed by atoms with van der Waals surface area (Å²) < 4.78 is 16.5. The highest BCUT2D eigenvalue weighted by molar-refractivity contribution is 7.26. The Kier molecular flexibility index (Phi) is 7.62. The molecule has 0 unspecified atom stereocenters. The van der Waals surface area contributed by atoms with E-state index in [9.17, 15) is 0 Å². The van der Waals surface area contributed by atoms with Gasteiger partial charge in [-0.3, -0.25) is 0 Å². The Morgan fingerprint density at radius 2 is 1.06 bits per heavy atom. The van der Waals surface area contributed by atoms with Gasteiger partial charge in [0.1, 0.15) is 16.7 Å².